The van der Waals surface area contributed by atoms with Crippen LogP contribution in [0, 0.1) is 0 Å². The van der Waals surface area contributed by atoms with Crippen LogP contribution in [-0.4, -0.2) is 48.5 Å². The molecule has 2 heterocycles. The summed E-state index contributed by atoms with van der Waals surface area (Å²) in [7, 11) is -3.68. The van der Waals surface area contributed by atoms with Gasteiger partial charge in [-0.25, -0.2) is 8.42 Å². The maximum Gasteiger partial charge on any atom is 0.279 e. The van der Waals surface area contributed by atoms with Gasteiger partial charge in [0.1, 0.15) is 0 Å². The number of hydrogen-bond donors (Lipinski definition) is 0. The quantitative estimate of drug-likeness (QED) is 0.497. The van der Waals surface area contributed by atoms with Gasteiger partial charge in [-0.15, -0.1) is 0 Å². The molecule has 11 heteroatoms. The number of ether oxygens (including phenoxy) is 1. The molecule has 176 valence electrons. The minimum Gasteiger partial charge on any atom is -0.373 e. The summed E-state index contributed by atoms with van der Waals surface area (Å²) in [5.41, 5.74) is 1.03. The second-order valence-electron chi connectivity index (χ2n) is 7.86. The number of morpholine rings is 1. The number of hydrogen-bond acceptors (Lipinski definition) is 5. The largest absolute Gasteiger partial charge is 0.373 e. The number of carbonyl (C=O) groups is 1. The molecule has 2 unspecified atom stereocenters. The molecule has 0 bridgehead atoms. The fourth-order valence-electron chi connectivity index (χ4n) is 3.88. The van der Waals surface area contributed by atoms with E-state index in [-0.39, 0.29) is 30.2 Å². The van der Waals surface area contributed by atoms with Crippen LogP contribution in [0.2, 0.25) is 10.0 Å². The average molecular weight is 528 g/mol. The molecule has 0 aliphatic carbocycles. The van der Waals surface area contributed by atoms with E-state index in [1.807, 2.05) is 31.4 Å². The summed E-state index contributed by atoms with van der Waals surface area (Å²) < 4.78 is 35.8. The predicted molar refractivity (Wildman–Crippen MR) is 131 cm³/mol. The first-order valence-electron chi connectivity index (χ1n) is 10.4. The minimum absolute atomic E-state index is 0.132. The molecule has 1 saturated heterocycles. The molecule has 0 radical (unpaired) electrons. The third-order valence-corrected chi connectivity index (χ3v) is 9.06. The van der Waals surface area contributed by atoms with E-state index in [1.54, 1.807) is 6.07 Å². The Hall–Kier alpha value is -1.75. The van der Waals surface area contributed by atoms with Crippen LogP contribution in [0.15, 0.2) is 46.3 Å². The number of fused-ring (bicyclic) bond motifs is 1. The van der Waals surface area contributed by atoms with Crippen molar-refractivity contribution >= 4 is 60.7 Å². The molecule has 2 aromatic carbocycles. The third-order valence-electron chi connectivity index (χ3n) is 5.37. The fourth-order valence-corrected chi connectivity index (χ4v) is 7.05. The Morgan fingerprint density at radius 2 is 1.76 bits per heavy atom. The Kier molecular flexibility index (Phi) is 7.00. The Bertz CT molecular complexity index is 1370. The highest BCUT2D eigenvalue weighted by Crippen LogP contribution is 2.32. The molecule has 7 nitrogen and oxygen atoms in total. The van der Waals surface area contributed by atoms with E-state index in [1.165, 1.54) is 39.9 Å². The summed E-state index contributed by atoms with van der Waals surface area (Å²) in [6.45, 7) is 6.76. The molecule has 1 fully saturated rings. The zero-order valence-electron chi connectivity index (χ0n) is 18.3. The lowest BCUT2D eigenvalue weighted by atomic mass is 10.2. The van der Waals surface area contributed by atoms with Gasteiger partial charge in [0.2, 0.25) is 10.0 Å². The van der Waals surface area contributed by atoms with Crippen LogP contribution in [0.3, 0.4) is 0 Å². The van der Waals surface area contributed by atoms with Crippen LogP contribution < -0.4 is 4.80 Å². The van der Waals surface area contributed by atoms with Gasteiger partial charge in [0.15, 0.2) is 4.80 Å². The van der Waals surface area contributed by atoms with Crippen molar-refractivity contribution < 1.29 is 17.9 Å². The van der Waals surface area contributed by atoms with Crippen molar-refractivity contribution in [1.29, 1.82) is 0 Å². The number of amides is 1. The number of rotatable bonds is 4. The Morgan fingerprint density at radius 3 is 2.36 bits per heavy atom. The molecule has 0 spiro atoms. The third kappa shape index (κ3) is 4.76. The topological polar surface area (TPSA) is 81.0 Å². The normalized spacial score (nSPS) is 20.5. The molecule has 0 saturated carbocycles. The zero-order chi connectivity index (χ0) is 23.9. The van der Waals surface area contributed by atoms with Crippen molar-refractivity contribution in [3.8, 4) is 0 Å². The lowest BCUT2D eigenvalue weighted by Crippen LogP contribution is -2.48. The first-order valence-corrected chi connectivity index (χ1v) is 13.4. The first kappa shape index (κ1) is 24.4. The summed E-state index contributed by atoms with van der Waals surface area (Å²) in [4.78, 5) is 17.8. The van der Waals surface area contributed by atoms with Gasteiger partial charge in [-0.2, -0.15) is 9.30 Å². The van der Waals surface area contributed by atoms with Gasteiger partial charge in [-0.3, -0.25) is 4.79 Å². The van der Waals surface area contributed by atoms with Crippen molar-refractivity contribution in [2.45, 2.75) is 44.4 Å². The van der Waals surface area contributed by atoms with Gasteiger partial charge in [0, 0.05) is 25.2 Å². The number of nitrogens with zero attached hydrogens (tertiary/aromatic N) is 3. The van der Waals surface area contributed by atoms with E-state index in [2.05, 4.69) is 4.99 Å². The van der Waals surface area contributed by atoms with Crippen LogP contribution in [0.1, 0.15) is 31.1 Å². The van der Waals surface area contributed by atoms with Crippen LogP contribution in [-0.2, 0) is 21.3 Å². The van der Waals surface area contributed by atoms with Crippen LogP contribution in [0.25, 0.3) is 10.2 Å². The maximum absolute atomic E-state index is 13.0. The van der Waals surface area contributed by atoms with Crippen molar-refractivity contribution in [2.75, 3.05) is 13.1 Å². The van der Waals surface area contributed by atoms with E-state index in [0.29, 0.717) is 27.0 Å². The molecule has 4 rings (SSSR count). The molecule has 1 aliphatic heterocycles. The summed E-state index contributed by atoms with van der Waals surface area (Å²) in [5, 5.41) is 0.852. The number of thiazole rings is 1. The van der Waals surface area contributed by atoms with Gasteiger partial charge in [-0.1, -0.05) is 34.5 Å². The van der Waals surface area contributed by atoms with Gasteiger partial charge in [-0.05, 0) is 57.2 Å². The SMILES string of the molecule is CCn1c(=NC(=O)c2ccc(S(=O)(=O)N3CC(C)OC(C)C3)cc2)sc2ccc(Cl)c(Cl)c21. The summed E-state index contributed by atoms with van der Waals surface area (Å²) in [6, 6.07) is 9.41. The highest BCUT2D eigenvalue weighted by Gasteiger charge is 2.32. The van der Waals surface area contributed by atoms with Crippen molar-refractivity contribution in [2.24, 2.45) is 4.99 Å². The Morgan fingerprint density at radius 1 is 1.12 bits per heavy atom. The molecule has 3 aromatic rings. The zero-order valence-corrected chi connectivity index (χ0v) is 21.4. The number of aromatic nitrogens is 1. The lowest BCUT2D eigenvalue weighted by molar-refractivity contribution is -0.0440. The highest BCUT2D eigenvalue weighted by atomic mass is 35.5. The van der Waals surface area contributed by atoms with E-state index >= 15 is 0 Å². The van der Waals surface area contributed by atoms with Crippen molar-refractivity contribution in [3.63, 3.8) is 0 Å². The van der Waals surface area contributed by atoms with E-state index in [0.717, 1.165) is 10.2 Å². The first-order chi connectivity index (χ1) is 15.6. The molecule has 0 N–H and O–H groups in total. The van der Waals surface area contributed by atoms with Crippen LogP contribution in [0.5, 0.6) is 0 Å². The summed E-state index contributed by atoms with van der Waals surface area (Å²) in [5.74, 6) is -0.469. The van der Waals surface area contributed by atoms with Gasteiger partial charge in [0.05, 0.1) is 37.4 Å². The Labute approximate surface area is 206 Å². The molecule has 1 amide bonds. The second-order valence-corrected chi connectivity index (χ2v) is 11.6. The molecule has 2 atom stereocenters. The van der Waals surface area contributed by atoms with E-state index < -0.39 is 15.9 Å². The van der Waals surface area contributed by atoms with Gasteiger partial charge >= 0.3 is 0 Å². The predicted octanol–water partition coefficient (Wildman–Crippen LogP) is 4.57. The lowest BCUT2D eigenvalue weighted by Gasteiger charge is -2.34. The smallest absolute Gasteiger partial charge is 0.279 e. The van der Waals surface area contributed by atoms with Crippen molar-refractivity contribution in [1.82, 2.24) is 8.87 Å². The number of benzene rings is 2. The molecule has 1 aromatic heterocycles. The molecular formula is C22H23Cl2N3O4S2. The summed E-state index contributed by atoms with van der Waals surface area (Å²) in [6.07, 6.45) is -0.365. The number of aryl methyl sites for hydroxylation is 1. The molecular weight excluding hydrogens is 505 g/mol. The minimum atomic E-state index is -3.68. The average Bonchev–Trinajstić information content (AvgIpc) is 3.13. The van der Waals surface area contributed by atoms with Gasteiger partial charge in [0.25, 0.3) is 5.91 Å². The van der Waals surface area contributed by atoms with Crippen LogP contribution >= 0.6 is 34.5 Å². The van der Waals surface area contributed by atoms with E-state index in [9.17, 15) is 13.2 Å². The Balaban J connectivity index is 1.65. The maximum atomic E-state index is 13.0. The number of halogens is 2. The van der Waals surface area contributed by atoms with Gasteiger partial charge < -0.3 is 9.30 Å². The fraction of sp³-hybridized carbons (Fsp3) is 0.364. The van der Waals surface area contributed by atoms with Crippen LogP contribution in [0.4, 0.5) is 0 Å². The number of sulfonamides is 1. The van der Waals surface area contributed by atoms with Crippen molar-refractivity contribution in [3.05, 3.63) is 56.8 Å². The number of carbonyl (C=O) groups excluding carboxylic acids is 1. The molecule has 33 heavy (non-hydrogen) atoms. The standard InChI is InChI=1S/C22H23Cl2N3O4S2/c1-4-27-20-18(10-9-17(23)19(20)24)32-22(27)25-21(28)15-5-7-16(8-6-15)33(29,30)26-11-13(2)31-14(3)12-26/h5-10,13-14H,4,11-12H2,1-3H3. The molecule has 1 aliphatic rings. The highest BCUT2D eigenvalue weighted by molar-refractivity contribution is 7.89. The monoisotopic (exact) mass is 527 g/mol. The second kappa shape index (κ2) is 9.48. The summed E-state index contributed by atoms with van der Waals surface area (Å²) >= 11 is 13.9. The van der Waals surface area contributed by atoms with E-state index in [4.69, 9.17) is 27.9 Å².